The molecule has 1 aromatic carbocycles. The van der Waals surface area contributed by atoms with Crippen molar-refractivity contribution in [2.45, 2.75) is 48.5 Å². The Balaban J connectivity index is 0. The average molecular weight is 262 g/mol. The lowest BCUT2D eigenvalue weighted by Gasteiger charge is -2.02. The maximum absolute atomic E-state index is 4.21. The van der Waals surface area contributed by atoms with Crippen molar-refractivity contribution >= 4 is 0 Å². The van der Waals surface area contributed by atoms with E-state index in [1.807, 2.05) is 77.7 Å². The molecule has 0 radical (unpaired) electrons. The molecule has 0 aliphatic carbocycles. The maximum Gasteiger partial charge on any atom is 0.0708 e. The van der Waals surface area contributed by atoms with Crippen LogP contribution in [0.4, 0.5) is 0 Å². The van der Waals surface area contributed by atoms with Crippen LogP contribution in [0.25, 0.3) is 11.3 Å². The zero-order valence-corrected chi connectivity index (χ0v) is 13.9. The number of rotatable bonds is 1. The summed E-state index contributed by atoms with van der Waals surface area (Å²) in [5, 5.41) is 4.21. The Hall–Kier alpha value is -1.57. The number of aryl methyl sites for hydroxylation is 2. The van der Waals surface area contributed by atoms with Gasteiger partial charge in [-0.15, -0.1) is 0 Å². The van der Waals surface area contributed by atoms with Gasteiger partial charge in [-0.1, -0.05) is 71.9 Å². The molecule has 0 amide bonds. The van der Waals surface area contributed by atoms with Crippen molar-refractivity contribution < 1.29 is 0 Å². The van der Waals surface area contributed by atoms with Gasteiger partial charge in [0.25, 0.3) is 0 Å². The number of hydrogen-bond donors (Lipinski definition) is 0. The molecule has 0 fully saturated rings. The van der Waals surface area contributed by atoms with Crippen LogP contribution in [0.2, 0.25) is 0 Å². The van der Waals surface area contributed by atoms with Gasteiger partial charge in [0, 0.05) is 12.6 Å². The second-order valence-electron chi connectivity index (χ2n) is 3.17. The molecule has 0 aliphatic heterocycles. The first-order valence-corrected chi connectivity index (χ1v) is 7.33. The van der Waals surface area contributed by atoms with Crippen molar-refractivity contribution in [2.24, 2.45) is 7.05 Å². The summed E-state index contributed by atoms with van der Waals surface area (Å²) in [4.78, 5) is 0. The van der Waals surface area contributed by atoms with Crippen LogP contribution in [-0.4, -0.2) is 9.78 Å². The Labute approximate surface area is 119 Å². The van der Waals surface area contributed by atoms with Crippen molar-refractivity contribution in [1.82, 2.24) is 9.78 Å². The third-order valence-corrected chi connectivity index (χ3v) is 2.17. The molecule has 0 bridgehead atoms. The first-order chi connectivity index (χ1) is 9.29. The van der Waals surface area contributed by atoms with Crippen LogP contribution < -0.4 is 0 Å². The monoisotopic (exact) mass is 262 g/mol. The van der Waals surface area contributed by atoms with Crippen LogP contribution in [-0.2, 0) is 7.05 Å². The lowest BCUT2D eigenvalue weighted by atomic mass is 10.1. The molecular weight excluding hydrogens is 232 g/mol. The van der Waals surface area contributed by atoms with Crippen LogP contribution in [0.1, 0.15) is 47.1 Å². The van der Waals surface area contributed by atoms with Gasteiger partial charge in [0.1, 0.15) is 0 Å². The van der Waals surface area contributed by atoms with Gasteiger partial charge in [-0.2, -0.15) is 5.10 Å². The molecular formula is C17H30N2. The molecule has 0 unspecified atom stereocenters. The minimum absolute atomic E-state index is 1.20. The molecule has 0 saturated heterocycles. The first kappa shape index (κ1) is 19.8. The van der Waals surface area contributed by atoms with Crippen molar-refractivity contribution in [3.63, 3.8) is 0 Å². The Morgan fingerprint density at radius 2 is 1.32 bits per heavy atom. The second-order valence-corrected chi connectivity index (χ2v) is 3.17. The van der Waals surface area contributed by atoms with E-state index in [0.29, 0.717) is 0 Å². The highest BCUT2D eigenvalue weighted by Gasteiger charge is 2.05. The second kappa shape index (κ2) is 12.9. The fourth-order valence-electron chi connectivity index (χ4n) is 1.56. The Morgan fingerprint density at radius 1 is 0.842 bits per heavy atom. The zero-order chi connectivity index (χ0) is 15.3. The van der Waals surface area contributed by atoms with Crippen LogP contribution in [0.3, 0.4) is 0 Å². The molecule has 1 aromatic heterocycles. The van der Waals surface area contributed by atoms with E-state index < -0.39 is 0 Å². The first-order valence-electron chi connectivity index (χ1n) is 7.33. The maximum atomic E-state index is 4.21. The zero-order valence-electron chi connectivity index (χ0n) is 13.9. The summed E-state index contributed by atoms with van der Waals surface area (Å²) in [6, 6.07) is 10.3. The summed E-state index contributed by atoms with van der Waals surface area (Å²) in [5.74, 6) is 0. The Kier molecular flexibility index (Phi) is 13.4. The summed E-state index contributed by atoms with van der Waals surface area (Å²) in [5.41, 5.74) is 3.63. The SMILES string of the molecule is CC.CC.CC.Cc1cnn(C)c1-c1ccccc1. The summed E-state index contributed by atoms with van der Waals surface area (Å²) in [7, 11) is 1.97. The van der Waals surface area contributed by atoms with Gasteiger partial charge in [-0.25, -0.2) is 0 Å². The lowest BCUT2D eigenvalue weighted by molar-refractivity contribution is 0.775. The average Bonchev–Trinajstić information content (AvgIpc) is 2.85. The van der Waals surface area contributed by atoms with Crippen molar-refractivity contribution in [3.8, 4) is 11.3 Å². The topological polar surface area (TPSA) is 17.8 Å². The summed E-state index contributed by atoms with van der Waals surface area (Å²) in [6.45, 7) is 14.1. The van der Waals surface area contributed by atoms with Crippen molar-refractivity contribution in [1.29, 1.82) is 0 Å². The Bertz CT molecular complexity index is 383. The fraction of sp³-hybridized carbons (Fsp3) is 0.471. The molecule has 2 nitrogen and oxygen atoms in total. The fourth-order valence-corrected chi connectivity index (χ4v) is 1.56. The van der Waals surface area contributed by atoms with Crippen LogP contribution in [0.5, 0.6) is 0 Å². The summed E-state index contributed by atoms with van der Waals surface area (Å²) in [6.07, 6.45) is 1.89. The molecule has 2 heteroatoms. The predicted octanol–water partition coefficient (Wildman–Crippen LogP) is 5.47. The van der Waals surface area contributed by atoms with Gasteiger partial charge in [0.2, 0.25) is 0 Å². The highest BCUT2D eigenvalue weighted by molar-refractivity contribution is 5.62. The molecule has 108 valence electrons. The molecule has 2 aromatic rings. The van der Waals surface area contributed by atoms with Crippen LogP contribution >= 0.6 is 0 Å². The lowest BCUT2D eigenvalue weighted by Crippen LogP contribution is -1.93. The third kappa shape index (κ3) is 6.23. The van der Waals surface area contributed by atoms with E-state index in [-0.39, 0.29) is 0 Å². The van der Waals surface area contributed by atoms with Crippen molar-refractivity contribution in [2.75, 3.05) is 0 Å². The van der Waals surface area contributed by atoms with Gasteiger partial charge in [-0.3, -0.25) is 4.68 Å². The third-order valence-electron chi connectivity index (χ3n) is 2.17. The quantitative estimate of drug-likeness (QED) is 0.666. The minimum atomic E-state index is 1.20. The van der Waals surface area contributed by atoms with Crippen LogP contribution in [0, 0.1) is 6.92 Å². The molecule has 19 heavy (non-hydrogen) atoms. The summed E-state index contributed by atoms with van der Waals surface area (Å²) >= 11 is 0. The van der Waals surface area contributed by atoms with Gasteiger partial charge in [0.15, 0.2) is 0 Å². The summed E-state index contributed by atoms with van der Waals surface area (Å²) < 4.78 is 1.91. The smallest absolute Gasteiger partial charge is 0.0708 e. The molecule has 0 aliphatic rings. The normalized spacial score (nSPS) is 8.00. The highest BCUT2D eigenvalue weighted by Crippen LogP contribution is 2.21. The standard InChI is InChI=1S/C11H12N2.3C2H6/c1-9-8-12-13(2)11(9)10-6-4-3-5-7-10;3*1-2/h3-8H,1-2H3;3*1-2H3. The highest BCUT2D eigenvalue weighted by atomic mass is 15.3. The van der Waals surface area contributed by atoms with Gasteiger partial charge < -0.3 is 0 Å². The largest absolute Gasteiger partial charge is 0.268 e. The van der Waals surface area contributed by atoms with E-state index in [1.165, 1.54) is 16.8 Å². The van der Waals surface area contributed by atoms with Gasteiger partial charge >= 0.3 is 0 Å². The van der Waals surface area contributed by atoms with E-state index in [0.717, 1.165) is 0 Å². The van der Waals surface area contributed by atoms with Gasteiger partial charge in [0.05, 0.1) is 11.9 Å². The molecule has 0 saturated carbocycles. The molecule has 0 spiro atoms. The number of hydrogen-bond acceptors (Lipinski definition) is 1. The molecule has 2 rings (SSSR count). The van der Waals surface area contributed by atoms with Gasteiger partial charge in [-0.05, 0) is 12.5 Å². The van der Waals surface area contributed by atoms with E-state index in [9.17, 15) is 0 Å². The van der Waals surface area contributed by atoms with Crippen molar-refractivity contribution in [3.05, 3.63) is 42.1 Å². The number of benzene rings is 1. The van der Waals surface area contributed by atoms with Crippen LogP contribution in [0.15, 0.2) is 36.5 Å². The minimum Gasteiger partial charge on any atom is -0.268 e. The van der Waals surface area contributed by atoms with E-state index >= 15 is 0 Å². The van der Waals surface area contributed by atoms with E-state index in [4.69, 9.17) is 0 Å². The number of aromatic nitrogens is 2. The van der Waals surface area contributed by atoms with E-state index in [2.05, 4.69) is 24.2 Å². The van der Waals surface area contributed by atoms with E-state index in [1.54, 1.807) is 0 Å². The molecule has 1 heterocycles. The molecule has 0 N–H and O–H groups in total. The molecule has 0 atom stereocenters. The predicted molar refractivity (Wildman–Crippen MR) is 87.4 cm³/mol. The number of nitrogens with zero attached hydrogens (tertiary/aromatic N) is 2. The Morgan fingerprint density at radius 3 is 1.68 bits per heavy atom.